The fraction of sp³-hybridized carbons (Fsp3) is 0.296. The Labute approximate surface area is 210 Å². The van der Waals surface area contributed by atoms with Gasteiger partial charge in [-0.2, -0.15) is 4.31 Å². The van der Waals surface area contributed by atoms with Gasteiger partial charge >= 0.3 is 0 Å². The second-order valence-corrected chi connectivity index (χ2v) is 11.3. The van der Waals surface area contributed by atoms with Gasteiger partial charge in [0.1, 0.15) is 19.0 Å². The molecule has 0 atom stereocenters. The molecule has 0 amide bonds. The Bertz CT molecular complexity index is 1430. The lowest BCUT2D eigenvalue weighted by atomic mass is 9.83. The third-order valence-corrected chi connectivity index (χ3v) is 8.42. The minimum atomic E-state index is -4.06. The molecule has 5 rings (SSSR count). The number of hydrogen-bond acceptors (Lipinski definition) is 7. The van der Waals surface area contributed by atoms with Crippen molar-refractivity contribution >= 4 is 21.5 Å². The van der Waals surface area contributed by atoms with Crippen molar-refractivity contribution in [3.8, 4) is 11.5 Å². The molecule has 0 fully saturated rings. The quantitative estimate of drug-likeness (QED) is 0.444. The Morgan fingerprint density at radius 1 is 1.06 bits per heavy atom. The van der Waals surface area contributed by atoms with Crippen LogP contribution in [0.4, 0.5) is 5.69 Å². The van der Waals surface area contributed by atoms with E-state index in [1.807, 2.05) is 36.2 Å². The smallest absolute Gasteiger partial charge is 0.244 e. The number of ether oxygens (including phenoxy) is 2. The van der Waals surface area contributed by atoms with Gasteiger partial charge in [-0.1, -0.05) is 32.0 Å². The molecule has 0 spiro atoms. The number of fused-ring (bicyclic) bond motifs is 2. The summed E-state index contributed by atoms with van der Waals surface area (Å²) in [5, 5.41) is 0. The molecular formula is C27H28N2O6S. The molecule has 9 heteroatoms. The molecule has 0 radical (unpaired) electrons. The summed E-state index contributed by atoms with van der Waals surface area (Å²) in [7, 11) is -2.15. The Morgan fingerprint density at radius 3 is 2.53 bits per heavy atom. The van der Waals surface area contributed by atoms with Gasteiger partial charge in [-0.3, -0.25) is 4.79 Å². The fourth-order valence-corrected chi connectivity index (χ4v) is 6.15. The first-order valence-electron chi connectivity index (χ1n) is 11.7. The van der Waals surface area contributed by atoms with Crippen LogP contribution < -0.4 is 14.4 Å². The molecule has 0 N–H and O–H groups in total. The highest BCUT2D eigenvalue weighted by Gasteiger charge is 2.39. The van der Waals surface area contributed by atoms with Crippen LogP contribution in [0, 0.1) is 0 Å². The molecule has 3 aromatic rings. The van der Waals surface area contributed by atoms with Crippen LogP contribution in [-0.2, 0) is 26.8 Å². The summed E-state index contributed by atoms with van der Waals surface area (Å²) >= 11 is 0. The number of furan rings is 1. The minimum absolute atomic E-state index is 0.0180. The number of ketones is 1. The zero-order chi connectivity index (χ0) is 25.5. The Morgan fingerprint density at radius 2 is 1.81 bits per heavy atom. The van der Waals surface area contributed by atoms with Gasteiger partial charge in [0, 0.05) is 36.0 Å². The molecule has 188 valence electrons. The number of benzene rings is 2. The van der Waals surface area contributed by atoms with Gasteiger partial charge in [-0.05, 0) is 35.9 Å². The van der Waals surface area contributed by atoms with E-state index in [-0.39, 0.29) is 23.8 Å². The normalized spacial score (nSPS) is 17.4. The second-order valence-electron chi connectivity index (χ2n) is 9.35. The summed E-state index contributed by atoms with van der Waals surface area (Å²) in [4.78, 5) is 15.4. The molecule has 2 aliphatic heterocycles. The van der Waals surface area contributed by atoms with Crippen molar-refractivity contribution in [2.75, 3.05) is 31.7 Å². The predicted molar refractivity (Wildman–Crippen MR) is 135 cm³/mol. The minimum Gasteiger partial charge on any atom is -0.486 e. The van der Waals surface area contributed by atoms with Gasteiger partial charge in [-0.25, -0.2) is 8.42 Å². The number of hydrogen-bond donors (Lipinski definition) is 0. The Hall–Kier alpha value is -3.56. The van der Waals surface area contributed by atoms with E-state index >= 15 is 0 Å². The number of anilines is 1. The average molecular weight is 509 g/mol. The van der Waals surface area contributed by atoms with Gasteiger partial charge in [0.15, 0.2) is 17.3 Å². The molecule has 3 heterocycles. The summed E-state index contributed by atoms with van der Waals surface area (Å²) in [5.74, 6) is 0.957. The average Bonchev–Trinajstić information content (AvgIpc) is 3.45. The number of rotatable bonds is 7. The highest BCUT2D eigenvalue weighted by Crippen LogP contribution is 2.46. The maximum atomic E-state index is 13.7. The molecule has 2 aromatic carbocycles. The van der Waals surface area contributed by atoms with Gasteiger partial charge < -0.3 is 18.8 Å². The number of carbonyl (C=O) groups excluding carboxylic acids is 1. The van der Waals surface area contributed by atoms with Crippen molar-refractivity contribution in [2.45, 2.75) is 30.7 Å². The van der Waals surface area contributed by atoms with Crippen LogP contribution in [0.3, 0.4) is 0 Å². The predicted octanol–water partition coefficient (Wildman–Crippen LogP) is 4.12. The zero-order valence-corrected chi connectivity index (χ0v) is 21.2. The van der Waals surface area contributed by atoms with Gasteiger partial charge in [-0.15, -0.1) is 0 Å². The number of sulfonamides is 1. The van der Waals surface area contributed by atoms with E-state index in [9.17, 15) is 13.2 Å². The lowest BCUT2D eigenvalue weighted by Gasteiger charge is -2.25. The Kier molecular flexibility index (Phi) is 6.13. The first-order valence-corrected chi connectivity index (χ1v) is 13.1. The molecule has 1 aromatic heterocycles. The van der Waals surface area contributed by atoms with Crippen molar-refractivity contribution in [2.24, 2.45) is 0 Å². The summed E-state index contributed by atoms with van der Waals surface area (Å²) in [6.45, 7) is 4.42. The third-order valence-electron chi connectivity index (χ3n) is 6.63. The number of allylic oxidation sites excluding steroid dienone is 1. The Balaban J connectivity index is 1.46. The van der Waals surface area contributed by atoms with E-state index in [1.54, 1.807) is 24.3 Å². The topological polar surface area (TPSA) is 89.3 Å². The first kappa shape index (κ1) is 24.1. The van der Waals surface area contributed by atoms with E-state index in [0.717, 1.165) is 21.3 Å². The highest BCUT2D eigenvalue weighted by atomic mass is 32.2. The maximum absolute atomic E-state index is 13.7. The van der Waals surface area contributed by atoms with Crippen molar-refractivity contribution < 1.29 is 27.1 Å². The highest BCUT2D eigenvalue weighted by molar-refractivity contribution is 7.89. The molecular weight excluding hydrogens is 480 g/mol. The number of carbonyl (C=O) groups is 1. The van der Waals surface area contributed by atoms with Crippen LogP contribution in [0.25, 0.3) is 0 Å². The van der Waals surface area contributed by atoms with Crippen molar-refractivity contribution in [1.82, 2.24) is 4.31 Å². The molecule has 8 nitrogen and oxygen atoms in total. The van der Waals surface area contributed by atoms with Crippen LogP contribution in [0.2, 0.25) is 0 Å². The van der Waals surface area contributed by atoms with Gasteiger partial charge in [0.05, 0.1) is 24.2 Å². The SMILES string of the molecule is CN1/C(=C\C(=O)CN(Cc2ccco2)S(=O)(=O)c2ccc3c(c2)OCCO3)C(C)(C)c2ccccc21. The summed E-state index contributed by atoms with van der Waals surface area (Å²) in [6, 6.07) is 15.8. The number of likely N-dealkylation sites (N-methyl/N-ethyl adjacent to an activating group) is 1. The summed E-state index contributed by atoms with van der Waals surface area (Å²) in [5.41, 5.74) is 2.55. The van der Waals surface area contributed by atoms with Crippen LogP contribution in [-0.4, -0.2) is 45.3 Å². The molecule has 0 saturated carbocycles. The summed E-state index contributed by atoms with van der Waals surface area (Å²) in [6.07, 6.45) is 3.02. The number of nitrogens with zero attached hydrogens (tertiary/aromatic N) is 2. The van der Waals surface area contributed by atoms with Crippen molar-refractivity contribution in [1.29, 1.82) is 0 Å². The van der Waals surface area contributed by atoms with Crippen molar-refractivity contribution in [3.63, 3.8) is 0 Å². The third kappa shape index (κ3) is 4.29. The molecule has 0 bridgehead atoms. The van der Waals surface area contributed by atoms with E-state index < -0.39 is 15.4 Å². The van der Waals surface area contributed by atoms with Gasteiger partial charge in [0.25, 0.3) is 0 Å². The van der Waals surface area contributed by atoms with E-state index in [1.165, 1.54) is 18.4 Å². The monoisotopic (exact) mass is 508 g/mol. The van der Waals surface area contributed by atoms with E-state index in [4.69, 9.17) is 13.9 Å². The van der Waals surface area contributed by atoms with Gasteiger partial charge in [0.2, 0.25) is 10.0 Å². The molecule has 0 saturated heterocycles. The second kappa shape index (κ2) is 9.15. The largest absolute Gasteiger partial charge is 0.486 e. The van der Waals surface area contributed by atoms with Crippen molar-refractivity contribution in [3.05, 3.63) is 84.0 Å². The van der Waals surface area contributed by atoms with Crippen LogP contribution in [0.15, 0.2) is 81.9 Å². The van der Waals surface area contributed by atoms with E-state index in [0.29, 0.717) is 30.5 Å². The molecule has 2 aliphatic rings. The zero-order valence-electron chi connectivity index (χ0n) is 20.4. The lowest BCUT2D eigenvalue weighted by Crippen LogP contribution is -2.35. The van der Waals surface area contributed by atoms with Crippen LogP contribution in [0.5, 0.6) is 11.5 Å². The molecule has 0 unspecified atom stereocenters. The fourth-order valence-electron chi connectivity index (χ4n) is 4.77. The standard InChI is InChI=1S/C27H28N2O6S/c1-27(2)22-8-4-5-9-23(22)28(3)26(27)15-19(30)17-29(18-20-7-6-12-33-20)36(31,32)21-10-11-24-25(16-21)35-14-13-34-24/h4-12,15-16H,13-14,17-18H2,1-3H3/b26-15-. The van der Waals surface area contributed by atoms with Crippen LogP contribution in [0.1, 0.15) is 25.2 Å². The summed E-state index contributed by atoms with van der Waals surface area (Å²) < 4.78 is 45.0. The molecule has 0 aliphatic carbocycles. The van der Waals surface area contributed by atoms with Crippen LogP contribution >= 0.6 is 0 Å². The maximum Gasteiger partial charge on any atom is 0.244 e. The number of para-hydroxylation sites is 1. The lowest BCUT2D eigenvalue weighted by molar-refractivity contribution is -0.115. The first-order chi connectivity index (χ1) is 17.2. The van der Waals surface area contributed by atoms with E-state index in [2.05, 4.69) is 13.8 Å². The molecule has 36 heavy (non-hydrogen) atoms.